The minimum absolute atomic E-state index is 0.0180. The first kappa shape index (κ1) is 19.1. The van der Waals surface area contributed by atoms with Crippen LogP contribution in [0.4, 0.5) is 15.8 Å². The number of aliphatic imine (C=N–C) groups is 1. The molecule has 0 aliphatic heterocycles. The van der Waals surface area contributed by atoms with Crippen LogP contribution in [0.15, 0.2) is 52.5 Å². The van der Waals surface area contributed by atoms with E-state index in [1.54, 1.807) is 0 Å². The van der Waals surface area contributed by atoms with Crippen molar-refractivity contribution in [2.75, 3.05) is 5.32 Å². The Balaban J connectivity index is 2.19. The fraction of sp³-hybridized carbons (Fsp3) is 0.111. The molecule has 0 atom stereocenters. The molecule has 0 fully saturated rings. The molecule has 0 saturated carbocycles. The number of nitriles is 1. The second-order valence-electron chi connectivity index (χ2n) is 5.12. The molecule has 0 radical (unpaired) electrons. The number of nitrogens with one attached hydrogen (secondary N) is 1. The summed E-state index contributed by atoms with van der Waals surface area (Å²) in [5.41, 5.74) is 6.66. The highest BCUT2D eigenvalue weighted by Crippen LogP contribution is 2.25. The molecular formula is C18H16FN5OS. The SMILES string of the molecule is C/C=C(/C)S/C(N)=N\c1cc(NC(=O)c2ccc(C#N)cn2)ccc1F. The van der Waals surface area contributed by atoms with Crippen LogP contribution >= 0.6 is 11.8 Å². The second-order valence-corrected chi connectivity index (χ2v) is 6.38. The number of amidine groups is 1. The molecule has 2 aromatic rings. The van der Waals surface area contributed by atoms with Gasteiger partial charge in [-0.3, -0.25) is 4.79 Å². The molecule has 132 valence electrons. The minimum atomic E-state index is -0.554. The van der Waals surface area contributed by atoms with Gasteiger partial charge in [-0.05, 0) is 49.1 Å². The van der Waals surface area contributed by atoms with E-state index in [1.165, 1.54) is 48.3 Å². The topological polar surface area (TPSA) is 104 Å². The highest BCUT2D eigenvalue weighted by atomic mass is 32.2. The molecule has 1 aromatic heterocycles. The Morgan fingerprint density at radius 3 is 2.81 bits per heavy atom. The Kier molecular flexibility index (Phi) is 6.47. The molecule has 0 spiro atoms. The number of aromatic nitrogens is 1. The number of nitrogens with two attached hydrogens (primary N) is 1. The lowest BCUT2D eigenvalue weighted by molar-refractivity contribution is 0.102. The molecule has 2 rings (SSSR count). The number of anilines is 1. The monoisotopic (exact) mass is 369 g/mol. The fourth-order valence-corrected chi connectivity index (χ4v) is 2.42. The number of allylic oxidation sites excluding steroid dienone is 2. The Hall–Kier alpha value is -3.18. The van der Waals surface area contributed by atoms with E-state index in [0.29, 0.717) is 11.3 Å². The van der Waals surface area contributed by atoms with E-state index in [9.17, 15) is 9.18 Å². The van der Waals surface area contributed by atoms with E-state index >= 15 is 0 Å². The molecule has 1 amide bonds. The standard InChI is InChI=1S/C18H16FN5OS/c1-3-11(2)26-18(21)24-16-8-13(5-6-14(16)19)23-17(25)15-7-4-12(9-20)10-22-15/h3-8,10H,1-2H3,(H2,21,24)(H,23,25)/b11-3-. The Morgan fingerprint density at radius 1 is 1.42 bits per heavy atom. The highest BCUT2D eigenvalue weighted by molar-refractivity contribution is 8.17. The third-order valence-electron chi connectivity index (χ3n) is 3.23. The lowest BCUT2D eigenvalue weighted by Gasteiger charge is -2.07. The molecule has 0 aliphatic rings. The minimum Gasteiger partial charge on any atom is -0.378 e. The lowest BCUT2D eigenvalue weighted by Crippen LogP contribution is -2.13. The van der Waals surface area contributed by atoms with Crippen molar-refractivity contribution in [3.8, 4) is 6.07 Å². The van der Waals surface area contributed by atoms with Crippen LogP contribution in [0.25, 0.3) is 0 Å². The third-order valence-corrected chi connectivity index (χ3v) is 4.09. The van der Waals surface area contributed by atoms with Crippen molar-refractivity contribution in [3.63, 3.8) is 0 Å². The zero-order valence-corrected chi connectivity index (χ0v) is 15.0. The van der Waals surface area contributed by atoms with Crippen LogP contribution in [0, 0.1) is 17.1 Å². The molecule has 26 heavy (non-hydrogen) atoms. The van der Waals surface area contributed by atoms with Crippen molar-refractivity contribution in [1.29, 1.82) is 5.26 Å². The lowest BCUT2D eigenvalue weighted by atomic mass is 10.2. The maximum Gasteiger partial charge on any atom is 0.274 e. The van der Waals surface area contributed by atoms with Crippen LogP contribution in [0.5, 0.6) is 0 Å². The number of hydrogen-bond donors (Lipinski definition) is 2. The molecule has 8 heteroatoms. The van der Waals surface area contributed by atoms with Crippen LogP contribution in [0.3, 0.4) is 0 Å². The van der Waals surface area contributed by atoms with Crippen molar-refractivity contribution < 1.29 is 9.18 Å². The van der Waals surface area contributed by atoms with Crippen molar-refractivity contribution in [2.45, 2.75) is 13.8 Å². The Morgan fingerprint density at radius 2 is 2.19 bits per heavy atom. The summed E-state index contributed by atoms with van der Waals surface area (Å²) < 4.78 is 14.0. The Bertz CT molecular complexity index is 916. The van der Waals surface area contributed by atoms with Crippen molar-refractivity contribution in [3.05, 3.63) is 64.6 Å². The number of hydrogen-bond acceptors (Lipinski definition) is 5. The normalized spacial score (nSPS) is 11.8. The molecule has 0 bridgehead atoms. The van der Waals surface area contributed by atoms with Crippen LogP contribution in [0.1, 0.15) is 29.9 Å². The smallest absolute Gasteiger partial charge is 0.274 e. The van der Waals surface area contributed by atoms with E-state index in [-0.39, 0.29) is 16.5 Å². The van der Waals surface area contributed by atoms with Gasteiger partial charge in [0.25, 0.3) is 5.91 Å². The molecule has 0 saturated heterocycles. The van der Waals surface area contributed by atoms with Crippen LogP contribution < -0.4 is 11.1 Å². The number of halogens is 1. The van der Waals surface area contributed by atoms with Gasteiger partial charge in [0.15, 0.2) is 5.17 Å². The van der Waals surface area contributed by atoms with E-state index in [2.05, 4.69) is 15.3 Å². The highest BCUT2D eigenvalue weighted by Gasteiger charge is 2.10. The van der Waals surface area contributed by atoms with Crippen LogP contribution in [-0.2, 0) is 0 Å². The summed E-state index contributed by atoms with van der Waals surface area (Å²) >= 11 is 1.22. The zero-order chi connectivity index (χ0) is 19.1. The largest absolute Gasteiger partial charge is 0.378 e. The van der Waals surface area contributed by atoms with Gasteiger partial charge in [-0.15, -0.1) is 0 Å². The molecule has 1 aromatic carbocycles. The molecule has 0 aliphatic carbocycles. The number of thioether (sulfide) groups is 1. The van der Waals surface area contributed by atoms with E-state index in [4.69, 9.17) is 11.0 Å². The number of nitrogens with zero attached hydrogens (tertiary/aromatic N) is 3. The van der Waals surface area contributed by atoms with Crippen LogP contribution in [-0.4, -0.2) is 16.1 Å². The first-order chi connectivity index (χ1) is 12.4. The van der Waals surface area contributed by atoms with Gasteiger partial charge < -0.3 is 11.1 Å². The number of amides is 1. The Labute approximate surface area is 154 Å². The maximum atomic E-state index is 14.0. The third kappa shape index (κ3) is 5.16. The molecule has 1 heterocycles. The van der Waals surface area contributed by atoms with Crippen molar-refractivity contribution in [2.24, 2.45) is 10.7 Å². The van der Waals surface area contributed by atoms with Crippen molar-refractivity contribution in [1.82, 2.24) is 4.98 Å². The number of carbonyl (C=O) groups is 1. The number of carbonyl (C=O) groups excluding carboxylic acids is 1. The predicted molar refractivity (Wildman–Crippen MR) is 102 cm³/mol. The van der Waals surface area contributed by atoms with Gasteiger partial charge in [-0.25, -0.2) is 14.4 Å². The second kappa shape index (κ2) is 8.78. The molecule has 0 unspecified atom stereocenters. The average molecular weight is 369 g/mol. The summed E-state index contributed by atoms with van der Waals surface area (Å²) in [6.45, 7) is 3.73. The zero-order valence-electron chi connectivity index (χ0n) is 14.2. The van der Waals surface area contributed by atoms with Gasteiger partial charge in [-0.1, -0.05) is 17.8 Å². The summed E-state index contributed by atoms with van der Waals surface area (Å²) in [6, 6.07) is 8.84. The van der Waals surface area contributed by atoms with E-state index < -0.39 is 11.7 Å². The number of benzene rings is 1. The van der Waals surface area contributed by atoms with E-state index in [0.717, 1.165) is 4.91 Å². The van der Waals surface area contributed by atoms with Gasteiger partial charge in [0.05, 0.1) is 5.56 Å². The molecule has 3 N–H and O–H groups in total. The predicted octanol–water partition coefficient (Wildman–Crippen LogP) is 3.95. The number of rotatable bonds is 4. The molecule has 6 nitrogen and oxygen atoms in total. The van der Waals surface area contributed by atoms with Gasteiger partial charge in [0.2, 0.25) is 0 Å². The van der Waals surface area contributed by atoms with Gasteiger partial charge in [0.1, 0.15) is 23.3 Å². The summed E-state index contributed by atoms with van der Waals surface area (Å²) in [4.78, 5) is 21.1. The summed E-state index contributed by atoms with van der Waals surface area (Å²) in [5, 5.41) is 11.5. The first-order valence-corrected chi connectivity index (χ1v) is 8.36. The van der Waals surface area contributed by atoms with Gasteiger partial charge >= 0.3 is 0 Å². The summed E-state index contributed by atoms with van der Waals surface area (Å²) in [5.74, 6) is -1.04. The first-order valence-electron chi connectivity index (χ1n) is 7.55. The maximum absolute atomic E-state index is 14.0. The summed E-state index contributed by atoms with van der Waals surface area (Å²) in [6.07, 6.45) is 3.17. The average Bonchev–Trinajstić information content (AvgIpc) is 2.64. The quantitative estimate of drug-likeness (QED) is 0.627. The van der Waals surface area contributed by atoms with Crippen LogP contribution in [0.2, 0.25) is 0 Å². The van der Waals surface area contributed by atoms with E-state index in [1.807, 2.05) is 26.0 Å². The number of pyridine rings is 1. The van der Waals surface area contributed by atoms with Gasteiger partial charge in [0, 0.05) is 11.9 Å². The fourth-order valence-electron chi connectivity index (χ4n) is 1.83. The molecular weight excluding hydrogens is 353 g/mol. The van der Waals surface area contributed by atoms with Gasteiger partial charge in [-0.2, -0.15) is 5.26 Å². The van der Waals surface area contributed by atoms with Crippen molar-refractivity contribution >= 4 is 34.2 Å². The summed E-state index contributed by atoms with van der Waals surface area (Å²) in [7, 11) is 0.